The molecule has 1 aliphatic heterocycles. The van der Waals surface area contributed by atoms with Gasteiger partial charge >= 0.3 is 0 Å². The van der Waals surface area contributed by atoms with Gasteiger partial charge in [0.05, 0.1) is 11.6 Å². The van der Waals surface area contributed by atoms with Gasteiger partial charge in [-0.25, -0.2) is 0 Å². The van der Waals surface area contributed by atoms with Crippen molar-refractivity contribution >= 4 is 5.91 Å². The van der Waals surface area contributed by atoms with Crippen molar-refractivity contribution in [1.82, 2.24) is 14.5 Å². The van der Waals surface area contributed by atoms with Crippen LogP contribution in [0.15, 0.2) is 36.7 Å². The lowest BCUT2D eigenvalue weighted by atomic mass is 9.90. The average molecular weight is 283 g/mol. The molecule has 0 saturated heterocycles. The molecule has 0 aliphatic carbocycles. The highest BCUT2D eigenvalue weighted by Crippen LogP contribution is 2.34. The Morgan fingerprint density at radius 2 is 2.14 bits per heavy atom. The Hall–Kier alpha value is -2.10. The van der Waals surface area contributed by atoms with Gasteiger partial charge < -0.3 is 9.47 Å². The monoisotopic (exact) mass is 283 g/mol. The standard InChI is InChI=1S/C17H21N3O/c1-3-19(4-2)16(21)11-14-15-8-6-10-20(15)12-13-7-5-9-18-17(13)14/h5-10,14H,3-4,11-12H2,1-2H3. The molecule has 1 unspecified atom stereocenters. The van der Waals surface area contributed by atoms with Gasteiger partial charge in [0.25, 0.3) is 0 Å². The molecule has 2 aromatic heterocycles. The average Bonchev–Trinajstić information content (AvgIpc) is 2.96. The number of amides is 1. The van der Waals surface area contributed by atoms with Crippen LogP contribution in [0.4, 0.5) is 0 Å². The van der Waals surface area contributed by atoms with Crippen LogP contribution in [0.2, 0.25) is 0 Å². The van der Waals surface area contributed by atoms with E-state index in [9.17, 15) is 4.79 Å². The third-order valence-electron chi connectivity index (χ3n) is 4.31. The summed E-state index contributed by atoms with van der Waals surface area (Å²) in [5.74, 6) is 0.273. The molecule has 1 amide bonds. The van der Waals surface area contributed by atoms with Crippen LogP contribution in [-0.4, -0.2) is 33.4 Å². The number of aromatic nitrogens is 2. The van der Waals surface area contributed by atoms with E-state index in [4.69, 9.17) is 0 Å². The van der Waals surface area contributed by atoms with E-state index in [1.165, 1.54) is 11.3 Å². The molecule has 110 valence electrons. The molecule has 0 fully saturated rings. The minimum absolute atomic E-state index is 0.0676. The molecule has 1 aliphatic rings. The Morgan fingerprint density at radius 1 is 1.33 bits per heavy atom. The second kappa shape index (κ2) is 5.72. The van der Waals surface area contributed by atoms with E-state index >= 15 is 0 Å². The van der Waals surface area contributed by atoms with Gasteiger partial charge in [-0.15, -0.1) is 0 Å². The number of pyridine rings is 1. The summed E-state index contributed by atoms with van der Waals surface area (Å²) >= 11 is 0. The highest BCUT2D eigenvalue weighted by molar-refractivity contribution is 5.77. The normalized spacial score (nSPS) is 16.2. The molecule has 4 nitrogen and oxygen atoms in total. The van der Waals surface area contributed by atoms with Crippen molar-refractivity contribution < 1.29 is 4.79 Å². The summed E-state index contributed by atoms with van der Waals surface area (Å²) in [5.41, 5.74) is 3.48. The van der Waals surface area contributed by atoms with Gasteiger partial charge in [-0.1, -0.05) is 6.07 Å². The molecular formula is C17H21N3O. The second-order valence-corrected chi connectivity index (χ2v) is 5.43. The zero-order chi connectivity index (χ0) is 14.8. The van der Waals surface area contributed by atoms with E-state index in [2.05, 4.69) is 33.9 Å². The van der Waals surface area contributed by atoms with E-state index in [0.29, 0.717) is 6.42 Å². The van der Waals surface area contributed by atoms with Crippen molar-refractivity contribution in [2.24, 2.45) is 0 Å². The first-order valence-electron chi connectivity index (χ1n) is 7.61. The molecule has 4 heteroatoms. The predicted molar refractivity (Wildman–Crippen MR) is 82.2 cm³/mol. The maximum Gasteiger partial charge on any atom is 0.223 e. The number of nitrogens with zero attached hydrogens (tertiary/aromatic N) is 3. The Balaban J connectivity index is 1.94. The largest absolute Gasteiger partial charge is 0.346 e. The first kappa shape index (κ1) is 13.9. The van der Waals surface area contributed by atoms with Crippen molar-refractivity contribution in [3.8, 4) is 0 Å². The molecule has 0 bridgehead atoms. The fourth-order valence-electron chi connectivity index (χ4n) is 3.19. The molecule has 0 aromatic carbocycles. The first-order chi connectivity index (χ1) is 10.2. The van der Waals surface area contributed by atoms with Crippen molar-refractivity contribution in [2.75, 3.05) is 13.1 Å². The summed E-state index contributed by atoms with van der Waals surface area (Å²) in [6, 6.07) is 8.24. The van der Waals surface area contributed by atoms with E-state index in [-0.39, 0.29) is 11.8 Å². The minimum atomic E-state index is 0.0676. The summed E-state index contributed by atoms with van der Waals surface area (Å²) in [6.07, 6.45) is 4.40. The third-order valence-corrected chi connectivity index (χ3v) is 4.31. The van der Waals surface area contributed by atoms with Crippen LogP contribution < -0.4 is 0 Å². The minimum Gasteiger partial charge on any atom is -0.346 e. The molecule has 0 saturated carbocycles. The number of carbonyl (C=O) groups is 1. The van der Waals surface area contributed by atoms with Crippen LogP contribution >= 0.6 is 0 Å². The van der Waals surface area contributed by atoms with Crippen LogP contribution in [0.3, 0.4) is 0 Å². The van der Waals surface area contributed by atoms with Crippen LogP contribution in [0.1, 0.15) is 43.1 Å². The van der Waals surface area contributed by atoms with Crippen molar-refractivity contribution in [3.05, 3.63) is 53.6 Å². The molecule has 1 atom stereocenters. The van der Waals surface area contributed by atoms with Crippen LogP contribution in [-0.2, 0) is 11.3 Å². The van der Waals surface area contributed by atoms with E-state index in [1.54, 1.807) is 0 Å². The number of hydrogen-bond donors (Lipinski definition) is 0. The molecule has 0 radical (unpaired) electrons. The lowest BCUT2D eigenvalue weighted by Crippen LogP contribution is -2.33. The van der Waals surface area contributed by atoms with Crippen molar-refractivity contribution in [3.63, 3.8) is 0 Å². The summed E-state index contributed by atoms with van der Waals surface area (Å²) in [5, 5.41) is 0. The summed E-state index contributed by atoms with van der Waals surface area (Å²) in [7, 11) is 0. The molecule has 3 rings (SSSR count). The lowest BCUT2D eigenvalue weighted by Gasteiger charge is -2.28. The number of fused-ring (bicyclic) bond motifs is 2. The number of rotatable bonds is 4. The van der Waals surface area contributed by atoms with Gasteiger partial charge in [0, 0.05) is 44.1 Å². The van der Waals surface area contributed by atoms with E-state index < -0.39 is 0 Å². The van der Waals surface area contributed by atoms with Gasteiger partial charge in [-0.3, -0.25) is 9.78 Å². The van der Waals surface area contributed by atoms with Gasteiger partial charge in [0.15, 0.2) is 0 Å². The van der Waals surface area contributed by atoms with Crippen LogP contribution in [0, 0.1) is 0 Å². The van der Waals surface area contributed by atoms with E-state index in [1.807, 2.05) is 31.0 Å². The number of carbonyl (C=O) groups excluding carboxylic acids is 1. The molecular weight excluding hydrogens is 262 g/mol. The van der Waals surface area contributed by atoms with Gasteiger partial charge in [0.2, 0.25) is 5.91 Å². The van der Waals surface area contributed by atoms with Crippen LogP contribution in [0.25, 0.3) is 0 Å². The highest BCUT2D eigenvalue weighted by atomic mass is 16.2. The predicted octanol–water partition coefficient (Wildman–Crippen LogP) is 2.64. The quantitative estimate of drug-likeness (QED) is 0.865. The molecule has 0 spiro atoms. The number of hydrogen-bond acceptors (Lipinski definition) is 2. The molecule has 2 aromatic rings. The summed E-state index contributed by atoms with van der Waals surface area (Å²) < 4.78 is 2.23. The zero-order valence-electron chi connectivity index (χ0n) is 12.6. The SMILES string of the molecule is CCN(CC)C(=O)CC1c2ncccc2Cn2cccc21. The molecule has 0 N–H and O–H groups in total. The van der Waals surface area contributed by atoms with Crippen molar-refractivity contribution in [1.29, 1.82) is 0 Å². The zero-order valence-corrected chi connectivity index (χ0v) is 12.6. The fourth-order valence-corrected chi connectivity index (χ4v) is 3.19. The lowest BCUT2D eigenvalue weighted by molar-refractivity contribution is -0.131. The Labute approximate surface area is 125 Å². The topological polar surface area (TPSA) is 38.1 Å². The fraction of sp³-hybridized carbons (Fsp3) is 0.412. The molecule has 3 heterocycles. The summed E-state index contributed by atoms with van der Waals surface area (Å²) in [4.78, 5) is 19.0. The van der Waals surface area contributed by atoms with Gasteiger partial charge in [-0.2, -0.15) is 0 Å². The smallest absolute Gasteiger partial charge is 0.223 e. The van der Waals surface area contributed by atoms with E-state index in [0.717, 1.165) is 25.3 Å². The highest BCUT2D eigenvalue weighted by Gasteiger charge is 2.29. The first-order valence-corrected chi connectivity index (χ1v) is 7.61. The Kier molecular flexibility index (Phi) is 3.78. The van der Waals surface area contributed by atoms with Gasteiger partial charge in [0.1, 0.15) is 0 Å². The second-order valence-electron chi connectivity index (χ2n) is 5.43. The van der Waals surface area contributed by atoms with Gasteiger partial charge in [-0.05, 0) is 37.6 Å². The summed E-state index contributed by atoms with van der Waals surface area (Å²) in [6.45, 7) is 6.42. The molecule has 21 heavy (non-hydrogen) atoms. The van der Waals surface area contributed by atoms with Crippen LogP contribution in [0.5, 0.6) is 0 Å². The van der Waals surface area contributed by atoms with Crippen molar-refractivity contribution in [2.45, 2.75) is 32.7 Å². The maximum absolute atomic E-state index is 12.5. The Bertz CT molecular complexity index is 643. The third kappa shape index (κ3) is 2.46. The Morgan fingerprint density at radius 3 is 2.90 bits per heavy atom. The maximum atomic E-state index is 12.5.